The van der Waals surface area contributed by atoms with Gasteiger partial charge in [-0.1, -0.05) is 25.0 Å². The van der Waals surface area contributed by atoms with Crippen LogP contribution in [0.5, 0.6) is 0 Å². The molecule has 0 atom stereocenters. The van der Waals surface area contributed by atoms with Crippen molar-refractivity contribution in [3.63, 3.8) is 0 Å². The molecule has 0 radical (unpaired) electrons. The fourth-order valence-electron chi connectivity index (χ4n) is 3.74. The van der Waals surface area contributed by atoms with Crippen molar-refractivity contribution in [2.45, 2.75) is 61.9 Å². The Bertz CT molecular complexity index is 631. The number of carbonyl (C=O) groups is 1. The Morgan fingerprint density at radius 1 is 1.05 bits per heavy atom. The van der Waals surface area contributed by atoms with Crippen LogP contribution in [-0.2, 0) is 21.2 Å². The van der Waals surface area contributed by atoms with Gasteiger partial charge in [-0.3, -0.25) is 4.79 Å². The standard InChI is InChI=1S/C16H21NO4S/c18-16(19)11-12-7-9-15(10-8-12)22(20,21)17-13-3-1-4-14(17)6-2-5-13/h7-10,13-14H,1-6,11H2,(H,18,19). The fraction of sp³-hybridized carbons (Fsp3) is 0.562. The molecule has 2 heterocycles. The van der Waals surface area contributed by atoms with Gasteiger partial charge in [-0.25, -0.2) is 8.42 Å². The van der Waals surface area contributed by atoms with Gasteiger partial charge in [0.2, 0.25) is 10.0 Å². The molecule has 0 amide bonds. The van der Waals surface area contributed by atoms with Crippen LogP contribution in [0.1, 0.15) is 44.1 Å². The van der Waals surface area contributed by atoms with Crippen LogP contribution in [0, 0.1) is 0 Å². The van der Waals surface area contributed by atoms with Crippen molar-refractivity contribution >= 4 is 16.0 Å². The van der Waals surface area contributed by atoms with Gasteiger partial charge in [-0.05, 0) is 43.4 Å². The lowest BCUT2D eigenvalue weighted by atomic mass is 9.87. The molecule has 0 aromatic heterocycles. The van der Waals surface area contributed by atoms with E-state index in [1.54, 1.807) is 16.4 Å². The molecule has 2 aliphatic rings. The molecule has 0 unspecified atom stereocenters. The highest BCUT2D eigenvalue weighted by Crippen LogP contribution is 2.37. The third-order valence-corrected chi connectivity index (χ3v) is 6.74. The van der Waals surface area contributed by atoms with E-state index in [9.17, 15) is 13.2 Å². The van der Waals surface area contributed by atoms with Gasteiger partial charge in [0.15, 0.2) is 0 Å². The van der Waals surface area contributed by atoms with Gasteiger partial charge in [0.1, 0.15) is 0 Å². The molecular weight excluding hydrogens is 302 g/mol. The zero-order valence-electron chi connectivity index (χ0n) is 12.4. The molecule has 6 heteroatoms. The smallest absolute Gasteiger partial charge is 0.307 e. The lowest BCUT2D eigenvalue weighted by Gasteiger charge is -2.44. The van der Waals surface area contributed by atoms with Crippen LogP contribution in [0.4, 0.5) is 0 Å². The lowest BCUT2D eigenvalue weighted by molar-refractivity contribution is -0.136. The average Bonchev–Trinajstić information content (AvgIpc) is 2.46. The Morgan fingerprint density at radius 3 is 2.00 bits per heavy atom. The van der Waals surface area contributed by atoms with Gasteiger partial charge in [0.05, 0.1) is 11.3 Å². The Balaban J connectivity index is 1.87. The number of fused-ring (bicyclic) bond motifs is 2. The normalized spacial score (nSPS) is 25.8. The molecule has 0 aliphatic carbocycles. The molecular formula is C16H21NO4S. The van der Waals surface area contributed by atoms with Crippen LogP contribution >= 0.6 is 0 Å². The first kappa shape index (κ1) is 15.5. The first-order valence-corrected chi connectivity index (χ1v) is 9.27. The Morgan fingerprint density at radius 2 is 1.55 bits per heavy atom. The van der Waals surface area contributed by atoms with Gasteiger partial charge in [-0.15, -0.1) is 0 Å². The molecule has 1 aromatic rings. The van der Waals surface area contributed by atoms with Gasteiger partial charge < -0.3 is 5.11 Å². The van der Waals surface area contributed by atoms with Crippen molar-refractivity contribution in [2.24, 2.45) is 0 Å². The summed E-state index contributed by atoms with van der Waals surface area (Å²) in [4.78, 5) is 11.0. The second-order valence-electron chi connectivity index (χ2n) is 6.22. The quantitative estimate of drug-likeness (QED) is 0.923. The predicted molar refractivity (Wildman–Crippen MR) is 82.1 cm³/mol. The van der Waals surface area contributed by atoms with Crippen molar-refractivity contribution in [1.82, 2.24) is 4.31 Å². The molecule has 1 aromatic carbocycles. The number of sulfonamides is 1. The van der Waals surface area contributed by atoms with Crippen LogP contribution in [-0.4, -0.2) is 35.9 Å². The minimum atomic E-state index is -3.48. The zero-order chi connectivity index (χ0) is 15.7. The molecule has 1 N–H and O–H groups in total. The Labute approximate surface area is 131 Å². The summed E-state index contributed by atoms with van der Waals surface area (Å²) in [7, 11) is -3.48. The number of hydrogen-bond acceptors (Lipinski definition) is 3. The summed E-state index contributed by atoms with van der Waals surface area (Å²) in [5.74, 6) is -0.916. The molecule has 5 nitrogen and oxygen atoms in total. The van der Waals surface area contributed by atoms with Crippen molar-refractivity contribution in [3.05, 3.63) is 29.8 Å². The third kappa shape index (κ3) is 2.90. The molecule has 2 fully saturated rings. The van der Waals surface area contributed by atoms with Gasteiger partial charge in [-0.2, -0.15) is 4.31 Å². The van der Waals surface area contributed by atoms with Crippen molar-refractivity contribution in [3.8, 4) is 0 Å². The minimum absolute atomic E-state index is 0.0880. The van der Waals surface area contributed by atoms with Crippen LogP contribution in [0.15, 0.2) is 29.2 Å². The second kappa shape index (κ2) is 6.01. The van der Waals surface area contributed by atoms with Gasteiger partial charge in [0, 0.05) is 12.1 Å². The molecule has 2 saturated heterocycles. The monoisotopic (exact) mass is 323 g/mol. The highest BCUT2D eigenvalue weighted by molar-refractivity contribution is 7.89. The van der Waals surface area contributed by atoms with E-state index in [2.05, 4.69) is 0 Å². The molecule has 22 heavy (non-hydrogen) atoms. The molecule has 2 bridgehead atoms. The van der Waals surface area contributed by atoms with E-state index in [-0.39, 0.29) is 23.4 Å². The summed E-state index contributed by atoms with van der Waals surface area (Å²) in [5.41, 5.74) is 0.616. The van der Waals surface area contributed by atoms with E-state index in [1.165, 1.54) is 12.1 Å². The summed E-state index contributed by atoms with van der Waals surface area (Å²) in [6.45, 7) is 0. The number of nitrogens with zero attached hydrogens (tertiary/aromatic N) is 1. The van der Waals surface area contributed by atoms with Crippen LogP contribution < -0.4 is 0 Å². The summed E-state index contributed by atoms with van der Waals surface area (Å²) in [5, 5.41) is 8.78. The highest BCUT2D eigenvalue weighted by atomic mass is 32.2. The van der Waals surface area contributed by atoms with Crippen LogP contribution in [0.2, 0.25) is 0 Å². The third-order valence-electron chi connectivity index (χ3n) is 4.72. The zero-order valence-corrected chi connectivity index (χ0v) is 13.3. The first-order valence-electron chi connectivity index (χ1n) is 7.83. The van der Waals surface area contributed by atoms with Crippen LogP contribution in [0.3, 0.4) is 0 Å². The number of rotatable bonds is 4. The van der Waals surface area contributed by atoms with Gasteiger partial charge >= 0.3 is 5.97 Å². The Kier molecular flexibility index (Phi) is 4.23. The van der Waals surface area contributed by atoms with Crippen molar-refractivity contribution in [1.29, 1.82) is 0 Å². The van der Waals surface area contributed by atoms with E-state index >= 15 is 0 Å². The maximum Gasteiger partial charge on any atom is 0.307 e. The number of benzene rings is 1. The van der Waals surface area contributed by atoms with Crippen molar-refractivity contribution in [2.75, 3.05) is 0 Å². The topological polar surface area (TPSA) is 74.7 Å². The Hall–Kier alpha value is -1.40. The summed E-state index contributed by atoms with van der Waals surface area (Å²) in [6, 6.07) is 6.55. The van der Waals surface area contributed by atoms with E-state index in [0.29, 0.717) is 5.56 Å². The number of carboxylic acids is 1. The highest BCUT2D eigenvalue weighted by Gasteiger charge is 2.41. The number of carboxylic acid groups (broad SMARTS) is 1. The van der Waals surface area contributed by atoms with E-state index < -0.39 is 16.0 Å². The van der Waals surface area contributed by atoms with E-state index in [0.717, 1.165) is 38.5 Å². The molecule has 0 saturated carbocycles. The lowest BCUT2D eigenvalue weighted by Crippen LogP contribution is -2.52. The second-order valence-corrected chi connectivity index (χ2v) is 8.06. The maximum absolute atomic E-state index is 12.9. The average molecular weight is 323 g/mol. The van der Waals surface area contributed by atoms with Crippen LogP contribution in [0.25, 0.3) is 0 Å². The summed E-state index contributed by atoms with van der Waals surface area (Å²) in [6.07, 6.45) is 5.94. The SMILES string of the molecule is O=C(O)Cc1ccc(S(=O)(=O)N2C3CCCC2CCC3)cc1. The number of piperidine rings is 2. The van der Waals surface area contributed by atoms with E-state index in [1.807, 2.05) is 0 Å². The molecule has 120 valence electrons. The number of hydrogen-bond donors (Lipinski definition) is 1. The number of aliphatic carboxylic acids is 1. The first-order chi connectivity index (χ1) is 10.5. The minimum Gasteiger partial charge on any atom is -0.481 e. The van der Waals surface area contributed by atoms with Gasteiger partial charge in [0.25, 0.3) is 0 Å². The summed E-state index contributed by atoms with van der Waals surface area (Å²) < 4.78 is 27.6. The van der Waals surface area contributed by atoms with E-state index in [4.69, 9.17) is 5.11 Å². The molecule has 2 aliphatic heterocycles. The molecule has 0 spiro atoms. The van der Waals surface area contributed by atoms with Crippen molar-refractivity contribution < 1.29 is 18.3 Å². The maximum atomic E-state index is 12.9. The summed E-state index contributed by atoms with van der Waals surface area (Å²) >= 11 is 0. The predicted octanol–water partition coefficient (Wildman–Crippen LogP) is 2.41. The largest absolute Gasteiger partial charge is 0.481 e. The molecule has 3 rings (SSSR count). The fourth-order valence-corrected chi connectivity index (χ4v) is 5.67.